The van der Waals surface area contributed by atoms with E-state index in [0.29, 0.717) is 19.8 Å². The summed E-state index contributed by atoms with van der Waals surface area (Å²) in [7, 11) is 0. The Kier molecular flexibility index (Phi) is 6.59. The molecular formula is C22H25NO4. The molecule has 0 spiro atoms. The van der Waals surface area contributed by atoms with Crippen molar-refractivity contribution < 1.29 is 19.3 Å². The number of benzene rings is 2. The summed E-state index contributed by atoms with van der Waals surface area (Å²) in [5.41, 5.74) is 0.600. The molecule has 1 saturated heterocycles. The SMILES string of the molecule is CC1OC[C@H](OCc2ccccc2)C(OCc2ccccc2)[C@@]1(O)CC#N. The predicted octanol–water partition coefficient (Wildman–Crippen LogP) is 3.22. The fourth-order valence-corrected chi connectivity index (χ4v) is 3.32. The first-order valence-electron chi connectivity index (χ1n) is 9.15. The van der Waals surface area contributed by atoms with E-state index in [1.807, 2.05) is 60.7 Å². The van der Waals surface area contributed by atoms with Crippen LogP contribution in [0.4, 0.5) is 0 Å². The smallest absolute Gasteiger partial charge is 0.132 e. The quantitative estimate of drug-likeness (QED) is 0.813. The summed E-state index contributed by atoms with van der Waals surface area (Å²) in [6, 6.07) is 21.6. The van der Waals surface area contributed by atoms with Gasteiger partial charge in [-0.3, -0.25) is 0 Å². The highest BCUT2D eigenvalue weighted by atomic mass is 16.6. The maximum atomic E-state index is 11.2. The maximum Gasteiger partial charge on any atom is 0.132 e. The van der Waals surface area contributed by atoms with E-state index < -0.39 is 23.9 Å². The van der Waals surface area contributed by atoms with E-state index in [1.165, 1.54) is 0 Å². The van der Waals surface area contributed by atoms with Crippen LogP contribution >= 0.6 is 0 Å². The molecule has 1 heterocycles. The lowest BCUT2D eigenvalue weighted by atomic mass is 9.83. The van der Waals surface area contributed by atoms with Gasteiger partial charge in [0.05, 0.1) is 38.4 Å². The lowest BCUT2D eigenvalue weighted by Gasteiger charge is -2.46. The Bertz CT molecular complexity index is 746. The highest BCUT2D eigenvalue weighted by molar-refractivity contribution is 5.15. The fourth-order valence-electron chi connectivity index (χ4n) is 3.32. The summed E-state index contributed by atoms with van der Waals surface area (Å²) in [4.78, 5) is 0. The van der Waals surface area contributed by atoms with Gasteiger partial charge in [-0.2, -0.15) is 5.26 Å². The number of aliphatic hydroxyl groups is 1. The lowest BCUT2D eigenvalue weighted by Crippen LogP contribution is -2.63. The molecule has 2 aromatic carbocycles. The Labute approximate surface area is 160 Å². The number of hydrogen-bond acceptors (Lipinski definition) is 5. The Balaban J connectivity index is 1.75. The second-order valence-electron chi connectivity index (χ2n) is 6.85. The number of nitrogens with zero attached hydrogens (tertiary/aromatic N) is 1. The summed E-state index contributed by atoms with van der Waals surface area (Å²) < 4.78 is 17.9. The topological polar surface area (TPSA) is 71.7 Å². The Hall–Kier alpha value is -2.23. The summed E-state index contributed by atoms with van der Waals surface area (Å²) in [5.74, 6) is 0. The Morgan fingerprint density at radius 3 is 2.15 bits per heavy atom. The van der Waals surface area contributed by atoms with Gasteiger partial charge in [0.1, 0.15) is 17.8 Å². The van der Waals surface area contributed by atoms with Crippen LogP contribution in [0.2, 0.25) is 0 Å². The Morgan fingerprint density at radius 1 is 1.04 bits per heavy atom. The van der Waals surface area contributed by atoms with E-state index in [-0.39, 0.29) is 6.42 Å². The van der Waals surface area contributed by atoms with Gasteiger partial charge in [-0.15, -0.1) is 0 Å². The van der Waals surface area contributed by atoms with Gasteiger partial charge in [0.15, 0.2) is 0 Å². The first-order valence-corrected chi connectivity index (χ1v) is 9.15. The molecule has 2 unspecified atom stereocenters. The molecular weight excluding hydrogens is 342 g/mol. The van der Waals surface area contributed by atoms with Gasteiger partial charge in [-0.1, -0.05) is 60.7 Å². The highest BCUT2D eigenvalue weighted by Gasteiger charge is 2.51. The molecule has 0 aliphatic carbocycles. The molecule has 142 valence electrons. The normalized spacial score (nSPS) is 27.8. The molecule has 3 rings (SSSR count). The lowest BCUT2D eigenvalue weighted by molar-refractivity contribution is -0.263. The number of nitriles is 1. The predicted molar refractivity (Wildman–Crippen MR) is 101 cm³/mol. The van der Waals surface area contributed by atoms with Gasteiger partial charge in [0, 0.05) is 0 Å². The number of hydrogen-bond donors (Lipinski definition) is 1. The Morgan fingerprint density at radius 2 is 1.59 bits per heavy atom. The molecule has 4 atom stereocenters. The highest BCUT2D eigenvalue weighted by Crippen LogP contribution is 2.33. The second kappa shape index (κ2) is 9.12. The summed E-state index contributed by atoms with van der Waals surface area (Å²) in [6.07, 6.45) is -1.73. The van der Waals surface area contributed by atoms with E-state index in [1.54, 1.807) is 6.92 Å². The summed E-state index contributed by atoms with van der Waals surface area (Å²) in [5, 5.41) is 20.4. The van der Waals surface area contributed by atoms with E-state index >= 15 is 0 Å². The van der Waals surface area contributed by atoms with Crippen LogP contribution in [0.1, 0.15) is 24.5 Å². The minimum atomic E-state index is -1.43. The van der Waals surface area contributed by atoms with Crippen LogP contribution < -0.4 is 0 Å². The van der Waals surface area contributed by atoms with Crippen LogP contribution in [0.15, 0.2) is 60.7 Å². The first-order chi connectivity index (χ1) is 13.1. The van der Waals surface area contributed by atoms with Crippen LogP contribution in [0.3, 0.4) is 0 Å². The van der Waals surface area contributed by atoms with Gasteiger partial charge in [-0.05, 0) is 18.1 Å². The van der Waals surface area contributed by atoms with Crippen molar-refractivity contribution in [1.82, 2.24) is 0 Å². The van der Waals surface area contributed by atoms with E-state index in [9.17, 15) is 10.4 Å². The first kappa shape index (κ1) is 19.5. The van der Waals surface area contributed by atoms with Gasteiger partial charge in [-0.25, -0.2) is 0 Å². The van der Waals surface area contributed by atoms with Crippen molar-refractivity contribution in [3.8, 4) is 6.07 Å². The molecule has 0 saturated carbocycles. The summed E-state index contributed by atoms with van der Waals surface area (Å²) >= 11 is 0. The summed E-state index contributed by atoms with van der Waals surface area (Å²) in [6.45, 7) is 2.79. The zero-order valence-electron chi connectivity index (χ0n) is 15.5. The zero-order chi connectivity index (χ0) is 19.1. The van der Waals surface area contributed by atoms with Crippen LogP contribution in [-0.4, -0.2) is 35.6 Å². The number of ether oxygens (including phenoxy) is 3. The van der Waals surface area contributed by atoms with Crippen molar-refractivity contribution >= 4 is 0 Å². The molecule has 1 aliphatic rings. The van der Waals surface area contributed by atoms with Gasteiger partial charge in [0.2, 0.25) is 0 Å². The van der Waals surface area contributed by atoms with E-state index in [0.717, 1.165) is 11.1 Å². The number of rotatable bonds is 7. The minimum Gasteiger partial charge on any atom is -0.383 e. The molecule has 2 aromatic rings. The van der Waals surface area contributed by atoms with Gasteiger partial charge in [0.25, 0.3) is 0 Å². The molecule has 0 radical (unpaired) electrons. The average molecular weight is 367 g/mol. The van der Waals surface area contributed by atoms with Gasteiger partial charge < -0.3 is 19.3 Å². The average Bonchev–Trinajstić information content (AvgIpc) is 2.70. The molecule has 27 heavy (non-hydrogen) atoms. The molecule has 1 aliphatic heterocycles. The molecule has 5 heteroatoms. The van der Waals surface area contributed by atoms with Crippen LogP contribution in [0.5, 0.6) is 0 Å². The minimum absolute atomic E-state index is 0.0845. The third-order valence-corrected chi connectivity index (χ3v) is 4.99. The van der Waals surface area contributed by atoms with Crippen molar-refractivity contribution in [3.63, 3.8) is 0 Å². The standard InChI is InChI=1S/C22H25NO4/c1-17-22(24,12-13-23)21(27-15-19-10-6-3-7-11-19)20(16-25-17)26-14-18-8-4-2-5-9-18/h2-11,17,20-21,24H,12,14-16H2,1H3/t17?,20-,21?,22+/m0/s1. The van der Waals surface area contributed by atoms with E-state index in [4.69, 9.17) is 14.2 Å². The van der Waals surface area contributed by atoms with Crippen molar-refractivity contribution in [2.24, 2.45) is 0 Å². The molecule has 5 nitrogen and oxygen atoms in total. The van der Waals surface area contributed by atoms with E-state index in [2.05, 4.69) is 6.07 Å². The fraction of sp³-hybridized carbons (Fsp3) is 0.409. The molecule has 1 N–H and O–H groups in total. The van der Waals surface area contributed by atoms with Crippen molar-refractivity contribution in [3.05, 3.63) is 71.8 Å². The second-order valence-corrected chi connectivity index (χ2v) is 6.85. The zero-order valence-corrected chi connectivity index (χ0v) is 15.5. The maximum absolute atomic E-state index is 11.2. The van der Waals surface area contributed by atoms with Crippen molar-refractivity contribution in [2.45, 2.75) is 50.5 Å². The third-order valence-electron chi connectivity index (χ3n) is 4.99. The van der Waals surface area contributed by atoms with Crippen LogP contribution in [-0.2, 0) is 27.4 Å². The van der Waals surface area contributed by atoms with Gasteiger partial charge >= 0.3 is 0 Å². The molecule has 0 bridgehead atoms. The van der Waals surface area contributed by atoms with Crippen molar-refractivity contribution in [2.75, 3.05) is 6.61 Å². The van der Waals surface area contributed by atoms with Crippen molar-refractivity contribution in [1.29, 1.82) is 5.26 Å². The van der Waals surface area contributed by atoms with Crippen LogP contribution in [0.25, 0.3) is 0 Å². The molecule has 0 amide bonds. The third kappa shape index (κ3) is 4.74. The molecule has 1 fully saturated rings. The largest absolute Gasteiger partial charge is 0.383 e. The monoisotopic (exact) mass is 367 g/mol. The molecule has 0 aromatic heterocycles. The van der Waals surface area contributed by atoms with Crippen LogP contribution in [0, 0.1) is 11.3 Å².